The van der Waals surface area contributed by atoms with Gasteiger partial charge in [-0.2, -0.15) is 11.8 Å². The first-order chi connectivity index (χ1) is 8.90. The zero-order chi connectivity index (χ0) is 14.3. The topological polar surface area (TPSA) is 12.0 Å². The van der Waals surface area contributed by atoms with Gasteiger partial charge in [-0.25, -0.2) is 0 Å². The second-order valence-corrected chi connectivity index (χ2v) is 8.67. The first-order valence-corrected chi connectivity index (χ1v) is 8.80. The number of rotatable bonds is 7. The minimum Gasteiger partial charge on any atom is -0.313 e. The number of halogens is 1. The van der Waals surface area contributed by atoms with Gasteiger partial charge in [0.1, 0.15) is 0 Å². The molecule has 0 heterocycles. The molecule has 0 spiro atoms. The molecule has 0 fully saturated rings. The van der Waals surface area contributed by atoms with Crippen LogP contribution in [-0.2, 0) is 6.42 Å². The van der Waals surface area contributed by atoms with E-state index in [9.17, 15) is 0 Å². The maximum absolute atomic E-state index is 3.67. The molecule has 0 bridgehead atoms. The van der Waals surface area contributed by atoms with Gasteiger partial charge in [0.15, 0.2) is 0 Å². The van der Waals surface area contributed by atoms with Crippen LogP contribution in [0.15, 0.2) is 28.7 Å². The van der Waals surface area contributed by atoms with Gasteiger partial charge < -0.3 is 5.32 Å². The van der Waals surface area contributed by atoms with Crippen LogP contribution in [0.4, 0.5) is 0 Å². The summed E-state index contributed by atoms with van der Waals surface area (Å²) in [6.45, 7) is 10.2. The Morgan fingerprint density at radius 3 is 2.63 bits per heavy atom. The quantitative estimate of drug-likeness (QED) is 0.756. The number of hydrogen-bond acceptors (Lipinski definition) is 2. The Balaban J connectivity index is 2.58. The maximum atomic E-state index is 3.67. The summed E-state index contributed by atoms with van der Waals surface area (Å²) in [4.78, 5) is 0. The molecule has 0 aliphatic rings. The largest absolute Gasteiger partial charge is 0.313 e. The van der Waals surface area contributed by atoms with Crippen molar-refractivity contribution >= 4 is 27.7 Å². The third kappa shape index (κ3) is 8.01. The zero-order valence-corrected chi connectivity index (χ0v) is 14.9. The SMILES string of the molecule is CCCNC(CSC(C)(C)C)Cc1cccc(Br)c1. The molecule has 0 radical (unpaired) electrons. The van der Waals surface area contributed by atoms with Crippen LogP contribution in [0.5, 0.6) is 0 Å². The van der Waals surface area contributed by atoms with E-state index in [4.69, 9.17) is 0 Å². The summed E-state index contributed by atoms with van der Waals surface area (Å²) >= 11 is 5.59. The van der Waals surface area contributed by atoms with Crippen LogP contribution in [-0.4, -0.2) is 23.1 Å². The monoisotopic (exact) mass is 343 g/mol. The molecule has 0 amide bonds. The first-order valence-electron chi connectivity index (χ1n) is 7.02. The lowest BCUT2D eigenvalue weighted by Gasteiger charge is -2.24. The van der Waals surface area contributed by atoms with E-state index in [1.165, 1.54) is 16.5 Å². The molecule has 1 unspecified atom stereocenters. The van der Waals surface area contributed by atoms with E-state index in [-0.39, 0.29) is 0 Å². The molecule has 1 nitrogen and oxygen atoms in total. The highest BCUT2D eigenvalue weighted by Gasteiger charge is 2.15. The summed E-state index contributed by atoms with van der Waals surface area (Å²) < 4.78 is 1.51. The highest BCUT2D eigenvalue weighted by atomic mass is 79.9. The Bertz CT molecular complexity index is 373. The minimum absolute atomic E-state index is 0.337. The van der Waals surface area contributed by atoms with Gasteiger partial charge in [0.25, 0.3) is 0 Å². The molecule has 1 aromatic carbocycles. The maximum Gasteiger partial charge on any atom is 0.0198 e. The Kier molecular flexibility index (Phi) is 7.48. The van der Waals surface area contributed by atoms with E-state index in [1.807, 2.05) is 11.8 Å². The van der Waals surface area contributed by atoms with Crippen LogP contribution in [0.1, 0.15) is 39.7 Å². The lowest BCUT2D eigenvalue weighted by Crippen LogP contribution is -2.35. The smallest absolute Gasteiger partial charge is 0.0198 e. The van der Waals surface area contributed by atoms with Crippen molar-refractivity contribution < 1.29 is 0 Å². The normalized spacial score (nSPS) is 13.5. The van der Waals surface area contributed by atoms with Gasteiger partial charge in [-0.3, -0.25) is 0 Å². The fourth-order valence-electron chi connectivity index (χ4n) is 1.84. The van der Waals surface area contributed by atoms with Gasteiger partial charge in [-0.1, -0.05) is 55.8 Å². The van der Waals surface area contributed by atoms with E-state index >= 15 is 0 Å². The van der Waals surface area contributed by atoms with Crippen molar-refractivity contribution in [1.29, 1.82) is 0 Å². The molecule has 1 aromatic rings. The summed E-state index contributed by atoms with van der Waals surface area (Å²) in [5.74, 6) is 1.16. The third-order valence-electron chi connectivity index (χ3n) is 2.77. The molecule has 0 aliphatic carbocycles. The number of thioether (sulfide) groups is 1. The van der Waals surface area contributed by atoms with Crippen molar-refractivity contribution in [2.45, 2.75) is 51.3 Å². The fraction of sp³-hybridized carbons (Fsp3) is 0.625. The summed E-state index contributed by atoms with van der Waals surface area (Å²) in [6.07, 6.45) is 2.29. The molecular weight excluding hydrogens is 318 g/mol. The molecule has 1 atom stereocenters. The van der Waals surface area contributed by atoms with Gasteiger partial charge in [0.2, 0.25) is 0 Å². The van der Waals surface area contributed by atoms with E-state index in [2.05, 4.69) is 73.2 Å². The summed E-state index contributed by atoms with van der Waals surface area (Å²) in [5, 5.41) is 3.67. The molecule has 0 aromatic heterocycles. The number of nitrogens with one attached hydrogen (secondary N) is 1. The lowest BCUT2D eigenvalue weighted by molar-refractivity contribution is 0.548. The molecule has 0 saturated heterocycles. The van der Waals surface area contributed by atoms with Crippen LogP contribution in [0.2, 0.25) is 0 Å². The number of hydrogen-bond donors (Lipinski definition) is 1. The van der Waals surface area contributed by atoms with Crippen molar-refractivity contribution in [2.75, 3.05) is 12.3 Å². The second-order valence-electron chi connectivity index (χ2n) is 5.91. The van der Waals surface area contributed by atoms with Crippen LogP contribution >= 0.6 is 27.7 Å². The molecule has 0 aliphatic heterocycles. The van der Waals surface area contributed by atoms with Crippen LogP contribution in [0.25, 0.3) is 0 Å². The Labute approximate surface area is 131 Å². The van der Waals surface area contributed by atoms with Crippen molar-refractivity contribution in [3.05, 3.63) is 34.3 Å². The fourth-order valence-corrected chi connectivity index (χ4v) is 3.22. The molecule has 1 rings (SSSR count). The predicted molar refractivity (Wildman–Crippen MR) is 92.1 cm³/mol. The van der Waals surface area contributed by atoms with E-state index < -0.39 is 0 Å². The van der Waals surface area contributed by atoms with Gasteiger partial charge in [-0.15, -0.1) is 0 Å². The van der Waals surface area contributed by atoms with E-state index in [0.717, 1.165) is 18.7 Å². The van der Waals surface area contributed by atoms with Crippen LogP contribution in [0, 0.1) is 0 Å². The molecule has 3 heteroatoms. The zero-order valence-electron chi connectivity index (χ0n) is 12.5. The molecule has 108 valence electrons. The summed E-state index contributed by atoms with van der Waals surface area (Å²) in [5.41, 5.74) is 1.40. The Morgan fingerprint density at radius 2 is 2.05 bits per heavy atom. The average Bonchev–Trinajstić information content (AvgIpc) is 2.31. The first kappa shape index (κ1) is 17.1. The van der Waals surface area contributed by atoms with Gasteiger partial charge in [-0.05, 0) is 37.1 Å². The second kappa shape index (κ2) is 8.33. The Hall–Kier alpha value is 0.01000. The Morgan fingerprint density at radius 1 is 1.32 bits per heavy atom. The van der Waals surface area contributed by atoms with E-state index in [1.54, 1.807) is 0 Å². The molecular formula is C16H26BrNS. The third-order valence-corrected chi connectivity index (χ3v) is 4.70. The highest BCUT2D eigenvalue weighted by molar-refractivity contribution is 9.10. The average molecular weight is 344 g/mol. The molecule has 1 N–H and O–H groups in total. The van der Waals surface area contributed by atoms with Gasteiger partial charge in [0.05, 0.1) is 0 Å². The van der Waals surface area contributed by atoms with Crippen molar-refractivity contribution in [1.82, 2.24) is 5.32 Å². The minimum atomic E-state index is 0.337. The number of benzene rings is 1. The summed E-state index contributed by atoms with van der Waals surface area (Å²) in [6, 6.07) is 9.20. The summed E-state index contributed by atoms with van der Waals surface area (Å²) in [7, 11) is 0. The van der Waals surface area contributed by atoms with Gasteiger partial charge >= 0.3 is 0 Å². The predicted octanol–water partition coefficient (Wildman–Crippen LogP) is 4.89. The standard InChI is InChI=1S/C16H26BrNS/c1-5-9-18-15(12-19-16(2,3)4)11-13-7-6-8-14(17)10-13/h6-8,10,15,18H,5,9,11-12H2,1-4H3. The van der Waals surface area contributed by atoms with Crippen molar-refractivity contribution in [2.24, 2.45) is 0 Å². The molecule has 0 saturated carbocycles. The highest BCUT2D eigenvalue weighted by Crippen LogP contribution is 2.24. The van der Waals surface area contributed by atoms with Crippen LogP contribution in [0.3, 0.4) is 0 Å². The van der Waals surface area contributed by atoms with Gasteiger partial charge in [0, 0.05) is 21.0 Å². The molecule has 19 heavy (non-hydrogen) atoms. The lowest BCUT2D eigenvalue weighted by atomic mass is 10.1. The van der Waals surface area contributed by atoms with E-state index in [0.29, 0.717) is 10.8 Å². The van der Waals surface area contributed by atoms with Crippen molar-refractivity contribution in [3.63, 3.8) is 0 Å². The van der Waals surface area contributed by atoms with Crippen molar-refractivity contribution in [3.8, 4) is 0 Å². The van der Waals surface area contributed by atoms with Crippen LogP contribution < -0.4 is 5.32 Å².